The highest BCUT2D eigenvalue weighted by atomic mass is 16.5. The molecule has 1 heterocycles. The van der Waals surface area contributed by atoms with E-state index in [1.165, 1.54) is 6.07 Å². The molecule has 1 saturated heterocycles. The first-order valence-corrected chi connectivity index (χ1v) is 6.14. The van der Waals surface area contributed by atoms with E-state index in [0.717, 1.165) is 19.4 Å². The Morgan fingerprint density at radius 1 is 1.32 bits per heavy atom. The summed E-state index contributed by atoms with van der Waals surface area (Å²) in [5.41, 5.74) is 0.349. The van der Waals surface area contributed by atoms with Crippen LogP contribution in [0, 0.1) is 0 Å². The normalized spacial score (nSPS) is 18.6. The van der Waals surface area contributed by atoms with E-state index in [-0.39, 0.29) is 17.3 Å². The minimum atomic E-state index is -1.07. The molecule has 0 radical (unpaired) electrons. The van der Waals surface area contributed by atoms with Crippen molar-refractivity contribution in [3.63, 3.8) is 0 Å². The van der Waals surface area contributed by atoms with Gasteiger partial charge in [0.2, 0.25) is 0 Å². The second-order valence-corrected chi connectivity index (χ2v) is 4.36. The Hall–Kier alpha value is -2.08. The highest BCUT2D eigenvalue weighted by Gasteiger charge is 2.17. The van der Waals surface area contributed by atoms with Gasteiger partial charge in [-0.2, -0.15) is 0 Å². The first kappa shape index (κ1) is 13.4. The van der Waals surface area contributed by atoms with E-state index in [0.29, 0.717) is 6.61 Å². The van der Waals surface area contributed by atoms with Crippen molar-refractivity contribution >= 4 is 17.7 Å². The average Bonchev–Trinajstić information content (AvgIpc) is 2.40. The monoisotopic (exact) mass is 264 g/mol. The van der Waals surface area contributed by atoms with Gasteiger partial charge in [0, 0.05) is 6.61 Å². The summed E-state index contributed by atoms with van der Waals surface area (Å²) in [7, 11) is 0. The smallest absolute Gasteiger partial charge is 0.337 e. The van der Waals surface area contributed by atoms with Crippen molar-refractivity contribution in [2.45, 2.75) is 18.9 Å². The first-order chi connectivity index (χ1) is 9.16. The maximum atomic E-state index is 11.8. The van der Waals surface area contributed by atoms with Crippen molar-refractivity contribution in [2.24, 2.45) is 0 Å². The molecular formula is C13H16N2O4. The van der Waals surface area contributed by atoms with Crippen molar-refractivity contribution in [1.29, 1.82) is 0 Å². The average molecular weight is 264 g/mol. The third-order valence-electron chi connectivity index (χ3n) is 2.90. The fourth-order valence-corrected chi connectivity index (χ4v) is 1.98. The standard InChI is InChI=1S/C13H16N2O4/c16-12(17)10-5-1-2-6-11(10)15-13(18)14-9-4-3-7-19-8-9/h1-2,5-6,9H,3-4,7-8H2,(H,16,17)(H2,14,15,18). The number of amides is 2. The predicted octanol–water partition coefficient (Wildman–Crippen LogP) is 1.69. The number of anilines is 1. The summed E-state index contributed by atoms with van der Waals surface area (Å²) in [4.78, 5) is 22.8. The number of nitrogens with one attached hydrogen (secondary N) is 2. The summed E-state index contributed by atoms with van der Waals surface area (Å²) in [6.07, 6.45) is 1.78. The Morgan fingerprint density at radius 3 is 2.79 bits per heavy atom. The van der Waals surface area contributed by atoms with E-state index < -0.39 is 12.0 Å². The lowest BCUT2D eigenvalue weighted by atomic mass is 10.1. The predicted molar refractivity (Wildman–Crippen MR) is 69.4 cm³/mol. The van der Waals surface area contributed by atoms with Gasteiger partial charge in [-0.25, -0.2) is 9.59 Å². The molecule has 1 aliphatic rings. The van der Waals surface area contributed by atoms with Crippen molar-refractivity contribution in [3.8, 4) is 0 Å². The largest absolute Gasteiger partial charge is 0.478 e. The lowest BCUT2D eigenvalue weighted by molar-refractivity contribution is 0.0698. The fourth-order valence-electron chi connectivity index (χ4n) is 1.98. The summed E-state index contributed by atoms with van der Waals surface area (Å²) in [5.74, 6) is -1.07. The number of ether oxygens (including phenoxy) is 1. The Morgan fingerprint density at radius 2 is 2.11 bits per heavy atom. The van der Waals surface area contributed by atoms with Crippen LogP contribution in [0.1, 0.15) is 23.2 Å². The molecule has 0 spiro atoms. The molecule has 102 valence electrons. The molecule has 1 aromatic rings. The van der Waals surface area contributed by atoms with Gasteiger partial charge in [0.05, 0.1) is 23.9 Å². The number of carbonyl (C=O) groups excluding carboxylic acids is 1. The number of aromatic carboxylic acids is 1. The third kappa shape index (κ3) is 3.69. The number of urea groups is 1. The second-order valence-electron chi connectivity index (χ2n) is 4.36. The number of benzene rings is 1. The van der Waals surface area contributed by atoms with Crippen molar-refractivity contribution in [1.82, 2.24) is 5.32 Å². The zero-order chi connectivity index (χ0) is 13.7. The number of rotatable bonds is 3. The quantitative estimate of drug-likeness (QED) is 0.775. The van der Waals surface area contributed by atoms with E-state index >= 15 is 0 Å². The van der Waals surface area contributed by atoms with Gasteiger partial charge in [-0.05, 0) is 25.0 Å². The number of carboxylic acids is 1. The topological polar surface area (TPSA) is 87.7 Å². The Labute approximate surface area is 110 Å². The van der Waals surface area contributed by atoms with Gasteiger partial charge in [0.15, 0.2) is 0 Å². The lowest BCUT2D eigenvalue weighted by Gasteiger charge is -2.23. The van der Waals surface area contributed by atoms with Gasteiger partial charge in [-0.3, -0.25) is 0 Å². The molecule has 1 atom stereocenters. The van der Waals surface area contributed by atoms with Crippen LogP contribution in [0.4, 0.5) is 10.5 Å². The van der Waals surface area contributed by atoms with E-state index in [9.17, 15) is 9.59 Å². The Kier molecular flexibility index (Phi) is 4.35. The molecule has 0 aromatic heterocycles. The van der Waals surface area contributed by atoms with Crippen molar-refractivity contribution in [2.75, 3.05) is 18.5 Å². The number of para-hydroxylation sites is 1. The molecule has 3 N–H and O–H groups in total. The molecule has 0 aliphatic carbocycles. The van der Waals surface area contributed by atoms with Crippen LogP contribution in [0.5, 0.6) is 0 Å². The molecule has 6 nitrogen and oxygen atoms in total. The van der Waals surface area contributed by atoms with E-state index in [1.54, 1.807) is 18.2 Å². The van der Waals surface area contributed by atoms with Crippen molar-refractivity contribution < 1.29 is 19.4 Å². The molecule has 1 aromatic carbocycles. The van der Waals surface area contributed by atoms with Gasteiger partial charge in [0.25, 0.3) is 0 Å². The molecule has 1 unspecified atom stereocenters. The van der Waals surface area contributed by atoms with Crippen LogP contribution >= 0.6 is 0 Å². The van der Waals surface area contributed by atoms with Gasteiger partial charge < -0.3 is 20.5 Å². The van der Waals surface area contributed by atoms with Gasteiger partial charge in [-0.1, -0.05) is 12.1 Å². The molecule has 1 aliphatic heterocycles. The van der Waals surface area contributed by atoms with Crippen LogP contribution < -0.4 is 10.6 Å². The number of hydrogen-bond acceptors (Lipinski definition) is 3. The fraction of sp³-hybridized carbons (Fsp3) is 0.385. The third-order valence-corrected chi connectivity index (χ3v) is 2.90. The van der Waals surface area contributed by atoms with Gasteiger partial charge in [0.1, 0.15) is 0 Å². The molecule has 0 saturated carbocycles. The SMILES string of the molecule is O=C(Nc1ccccc1C(=O)O)NC1CCCOC1. The van der Waals surface area contributed by atoms with Crippen molar-refractivity contribution in [3.05, 3.63) is 29.8 Å². The summed E-state index contributed by atoms with van der Waals surface area (Å²) < 4.78 is 5.26. The van der Waals surface area contributed by atoms with Crippen LogP contribution in [-0.2, 0) is 4.74 Å². The number of carboxylic acid groups (broad SMARTS) is 1. The molecular weight excluding hydrogens is 248 g/mol. The number of carbonyl (C=O) groups is 2. The first-order valence-electron chi connectivity index (χ1n) is 6.14. The maximum absolute atomic E-state index is 11.8. The maximum Gasteiger partial charge on any atom is 0.337 e. The van der Waals surface area contributed by atoms with Crippen LogP contribution in [0.3, 0.4) is 0 Å². The minimum absolute atomic E-state index is 0.0225. The zero-order valence-electron chi connectivity index (χ0n) is 10.4. The second kappa shape index (κ2) is 6.19. The molecule has 2 rings (SSSR count). The Balaban J connectivity index is 1.96. The lowest BCUT2D eigenvalue weighted by Crippen LogP contribution is -2.42. The zero-order valence-corrected chi connectivity index (χ0v) is 10.4. The van der Waals surface area contributed by atoms with Crippen LogP contribution in [0.15, 0.2) is 24.3 Å². The molecule has 1 fully saturated rings. The van der Waals surface area contributed by atoms with Gasteiger partial charge in [-0.15, -0.1) is 0 Å². The number of hydrogen-bond donors (Lipinski definition) is 3. The summed E-state index contributed by atoms with van der Waals surface area (Å²) in [6, 6.07) is 5.85. The van der Waals surface area contributed by atoms with Gasteiger partial charge >= 0.3 is 12.0 Å². The van der Waals surface area contributed by atoms with Crippen LogP contribution in [0.2, 0.25) is 0 Å². The summed E-state index contributed by atoms with van der Waals surface area (Å²) in [5, 5.41) is 14.3. The molecule has 0 bridgehead atoms. The van der Waals surface area contributed by atoms with E-state index in [2.05, 4.69) is 10.6 Å². The van der Waals surface area contributed by atoms with Crippen LogP contribution in [0.25, 0.3) is 0 Å². The highest BCUT2D eigenvalue weighted by Crippen LogP contribution is 2.15. The minimum Gasteiger partial charge on any atom is -0.478 e. The molecule has 6 heteroatoms. The summed E-state index contributed by atoms with van der Waals surface area (Å²) in [6.45, 7) is 1.22. The molecule has 2 amide bonds. The Bertz CT molecular complexity index is 469. The highest BCUT2D eigenvalue weighted by molar-refractivity contribution is 5.99. The van der Waals surface area contributed by atoms with E-state index in [1.807, 2.05) is 0 Å². The van der Waals surface area contributed by atoms with Crippen LogP contribution in [-0.4, -0.2) is 36.4 Å². The molecule has 19 heavy (non-hydrogen) atoms. The summed E-state index contributed by atoms with van der Waals surface area (Å²) >= 11 is 0. The van der Waals surface area contributed by atoms with E-state index in [4.69, 9.17) is 9.84 Å².